The first-order valence-corrected chi connectivity index (χ1v) is 12.5. The van der Waals surface area contributed by atoms with Crippen LogP contribution in [0.5, 0.6) is 0 Å². The second-order valence-corrected chi connectivity index (χ2v) is 9.55. The lowest BCUT2D eigenvalue weighted by molar-refractivity contribution is 0.406. The molecule has 2 aliphatic rings. The van der Waals surface area contributed by atoms with Crippen LogP contribution >= 0.6 is 24.8 Å². The second-order valence-electron chi connectivity index (χ2n) is 8.64. The van der Waals surface area contributed by atoms with E-state index in [1.54, 1.807) is 30.5 Å². The summed E-state index contributed by atoms with van der Waals surface area (Å²) < 4.78 is 15.7. The number of hydrogen-bond acceptors (Lipinski definition) is 4. The van der Waals surface area contributed by atoms with Gasteiger partial charge >= 0.3 is 0 Å². The molecule has 34 heavy (non-hydrogen) atoms. The Balaban J connectivity index is 1.70. The molecular formula is C27H29FN4S2. The Morgan fingerprint density at radius 3 is 2.85 bits per heavy atom. The highest BCUT2D eigenvalue weighted by Crippen LogP contribution is 2.35. The molecule has 1 unspecified atom stereocenters. The van der Waals surface area contributed by atoms with E-state index >= 15 is 4.39 Å². The average Bonchev–Trinajstić information content (AvgIpc) is 3.24. The first kappa shape index (κ1) is 24.4. The van der Waals surface area contributed by atoms with Crippen molar-refractivity contribution in [3.63, 3.8) is 0 Å². The van der Waals surface area contributed by atoms with E-state index in [0.29, 0.717) is 22.7 Å². The smallest absolute Gasteiger partial charge is 0.129 e. The van der Waals surface area contributed by atoms with Gasteiger partial charge < -0.3 is 10.3 Å². The number of nitrogens with one attached hydrogen (secondary N) is 2. The average molecular weight is 493 g/mol. The monoisotopic (exact) mass is 492 g/mol. The molecule has 1 aromatic carbocycles. The van der Waals surface area contributed by atoms with Crippen LogP contribution in [0.1, 0.15) is 44.1 Å². The number of rotatable bonds is 7. The van der Waals surface area contributed by atoms with E-state index in [1.165, 1.54) is 12.6 Å². The lowest BCUT2D eigenvalue weighted by atomic mass is 9.88. The zero-order chi connectivity index (χ0) is 24.1. The largest absolute Gasteiger partial charge is 0.318 e. The molecule has 176 valence electrons. The zero-order valence-corrected chi connectivity index (χ0v) is 20.7. The highest BCUT2D eigenvalue weighted by atomic mass is 32.1. The highest BCUT2D eigenvalue weighted by molar-refractivity contribution is 7.82. The van der Waals surface area contributed by atoms with Gasteiger partial charge in [-0.3, -0.25) is 5.10 Å². The van der Waals surface area contributed by atoms with Crippen molar-refractivity contribution in [1.82, 2.24) is 15.1 Å². The standard InChI is InChI=1S/C27H29FN4S2/c1-2-7-22(16-29)32(26(33)18-8-4-3-5-9-18)27(34)23-11-6-10-19(15-24(23)28)20-12-13-25-21(14-20)17-30-31-25/h2,6-7,11-18,27,29,34H,1,3-5,8-10H2,(H,30,31)/b22-7+,29-16?. The van der Waals surface area contributed by atoms with Crippen LogP contribution in [-0.2, 0) is 0 Å². The number of hydrogen-bond donors (Lipinski definition) is 3. The molecule has 4 nitrogen and oxygen atoms in total. The van der Waals surface area contributed by atoms with Crippen molar-refractivity contribution in [3.05, 3.63) is 84.0 Å². The molecule has 1 heterocycles. The molecule has 1 fully saturated rings. The maximum absolute atomic E-state index is 15.7. The summed E-state index contributed by atoms with van der Waals surface area (Å²) in [5.74, 6) is -0.131. The van der Waals surface area contributed by atoms with Crippen molar-refractivity contribution in [1.29, 1.82) is 5.41 Å². The SMILES string of the molecule is C=C/C=C(\C=N)N(C(=S)C1CCCCC1)C(S)C1=C(F)C=C(c2ccc3[nH]ncc3c2)CC=C1. The van der Waals surface area contributed by atoms with Crippen molar-refractivity contribution >= 4 is 52.5 Å². The third-order valence-electron chi connectivity index (χ3n) is 6.45. The van der Waals surface area contributed by atoms with Gasteiger partial charge in [0.2, 0.25) is 0 Å². The van der Waals surface area contributed by atoms with Gasteiger partial charge in [0.1, 0.15) is 11.2 Å². The number of H-pyrrole nitrogens is 1. The molecular weight excluding hydrogens is 463 g/mol. The zero-order valence-electron chi connectivity index (χ0n) is 19.0. The predicted molar refractivity (Wildman–Crippen MR) is 147 cm³/mol. The summed E-state index contributed by atoms with van der Waals surface area (Å²) in [4.78, 5) is 2.53. The molecule has 2 aromatic rings. The Bertz CT molecular complexity index is 1210. The van der Waals surface area contributed by atoms with Crippen molar-refractivity contribution < 1.29 is 4.39 Å². The van der Waals surface area contributed by atoms with Crippen LogP contribution in [-0.4, -0.2) is 31.7 Å². The molecule has 1 atom stereocenters. The van der Waals surface area contributed by atoms with Crippen LogP contribution in [0.25, 0.3) is 16.5 Å². The molecule has 0 spiro atoms. The van der Waals surface area contributed by atoms with Crippen LogP contribution in [0.3, 0.4) is 0 Å². The number of aromatic amines is 1. The molecule has 2 N–H and O–H groups in total. The van der Waals surface area contributed by atoms with Crippen LogP contribution in [0.4, 0.5) is 4.39 Å². The maximum atomic E-state index is 15.7. The molecule has 0 amide bonds. The molecule has 2 aliphatic carbocycles. The lowest BCUT2D eigenvalue weighted by Gasteiger charge is -2.36. The third-order valence-corrected chi connectivity index (χ3v) is 7.49. The van der Waals surface area contributed by atoms with E-state index < -0.39 is 5.37 Å². The molecule has 0 saturated heterocycles. The summed E-state index contributed by atoms with van der Waals surface area (Å²) >= 11 is 10.8. The first-order valence-electron chi connectivity index (χ1n) is 11.6. The molecule has 4 rings (SSSR count). The Hall–Kier alpha value is -2.77. The predicted octanol–water partition coefficient (Wildman–Crippen LogP) is 7.31. The number of allylic oxidation sites excluding steroid dienone is 7. The quantitative estimate of drug-likeness (QED) is 0.125. The Morgan fingerprint density at radius 1 is 1.32 bits per heavy atom. The summed E-state index contributed by atoms with van der Waals surface area (Å²) in [5, 5.41) is 15.3. The van der Waals surface area contributed by atoms with E-state index in [0.717, 1.165) is 47.7 Å². The Kier molecular flexibility index (Phi) is 7.95. The molecule has 0 aliphatic heterocycles. The lowest BCUT2D eigenvalue weighted by Crippen LogP contribution is -2.41. The topological polar surface area (TPSA) is 55.8 Å². The van der Waals surface area contributed by atoms with Gasteiger partial charge in [0.05, 0.1) is 22.4 Å². The van der Waals surface area contributed by atoms with Crippen LogP contribution < -0.4 is 0 Å². The van der Waals surface area contributed by atoms with Crippen LogP contribution in [0.15, 0.2) is 78.5 Å². The molecule has 0 radical (unpaired) electrons. The number of thiol groups is 1. The fourth-order valence-corrected chi connectivity index (χ4v) is 5.63. The van der Waals surface area contributed by atoms with Crippen molar-refractivity contribution in [2.45, 2.75) is 43.9 Å². The van der Waals surface area contributed by atoms with E-state index in [4.69, 9.17) is 30.3 Å². The van der Waals surface area contributed by atoms with Crippen molar-refractivity contribution in [2.75, 3.05) is 0 Å². The normalized spacial score (nSPS) is 18.4. The molecule has 7 heteroatoms. The summed E-state index contributed by atoms with van der Waals surface area (Å²) in [7, 11) is 0. The molecule has 0 bridgehead atoms. The first-order chi connectivity index (χ1) is 16.5. The summed E-state index contributed by atoms with van der Waals surface area (Å²) in [6.45, 7) is 3.77. The van der Waals surface area contributed by atoms with Gasteiger partial charge in [-0.25, -0.2) is 4.39 Å². The van der Waals surface area contributed by atoms with Gasteiger partial charge in [-0.05, 0) is 54.7 Å². The minimum absolute atomic E-state index is 0.220. The van der Waals surface area contributed by atoms with Gasteiger partial charge in [0, 0.05) is 23.1 Å². The van der Waals surface area contributed by atoms with Crippen LogP contribution in [0.2, 0.25) is 0 Å². The minimum Gasteiger partial charge on any atom is -0.318 e. The second kappa shape index (κ2) is 11.1. The fourth-order valence-electron chi connectivity index (χ4n) is 4.63. The van der Waals surface area contributed by atoms with E-state index in [1.807, 2.05) is 29.2 Å². The number of aromatic nitrogens is 2. The number of halogens is 1. The number of benzene rings is 1. The minimum atomic E-state index is -0.662. The third kappa shape index (κ3) is 5.15. The van der Waals surface area contributed by atoms with E-state index in [2.05, 4.69) is 16.8 Å². The molecule has 1 aromatic heterocycles. The summed E-state index contributed by atoms with van der Waals surface area (Å²) in [6.07, 6.45) is 17.8. The summed E-state index contributed by atoms with van der Waals surface area (Å²) in [6, 6.07) is 5.94. The van der Waals surface area contributed by atoms with Gasteiger partial charge in [0.25, 0.3) is 0 Å². The number of nitrogens with zero attached hydrogens (tertiary/aromatic N) is 2. The van der Waals surface area contributed by atoms with Gasteiger partial charge in [-0.2, -0.15) is 5.10 Å². The van der Waals surface area contributed by atoms with Crippen molar-refractivity contribution in [3.8, 4) is 0 Å². The Morgan fingerprint density at radius 2 is 2.12 bits per heavy atom. The van der Waals surface area contributed by atoms with E-state index in [9.17, 15) is 0 Å². The maximum Gasteiger partial charge on any atom is 0.129 e. The summed E-state index contributed by atoms with van der Waals surface area (Å²) in [5.41, 5.74) is 3.76. The number of fused-ring (bicyclic) bond motifs is 1. The number of thiocarbonyl (C=S) groups is 1. The molecule has 1 saturated carbocycles. The van der Waals surface area contributed by atoms with Gasteiger partial charge in [-0.15, -0.1) is 12.6 Å². The Labute approximate surface area is 210 Å². The van der Waals surface area contributed by atoms with Gasteiger partial charge in [-0.1, -0.05) is 62.4 Å². The van der Waals surface area contributed by atoms with E-state index in [-0.39, 0.29) is 11.7 Å². The fraction of sp³-hybridized carbons (Fsp3) is 0.296. The van der Waals surface area contributed by atoms with Crippen LogP contribution in [0, 0.1) is 11.3 Å². The highest BCUT2D eigenvalue weighted by Gasteiger charge is 2.30. The van der Waals surface area contributed by atoms with Gasteiger partial charge in [0.15, 0.2) is 0 Å². The van der Waals surface area contributed by atoms with Crippen molar-refractivity contribution in [2.24, 2.45) is 5.92 Å².